The van der Waals surface area contributed by atoms with E-state index in [-0.39, 0.29) is 0 Å². The first-order valence-corrected chi connectivity index (χ1v) is 9.56. The second-order valence-corrected chi connectivity index (χ2v) is 6.76. The van der Waals surface area contributed by atoms with Crippen LogP contribution in [-0.2, 0) is 4.74 Å². The largest absolute Gasteiger partial charge is 0.491 e. The van der Waals surface area contributed by atoms with Crippen LogP contribution in [0.1, 0.15) is 51.9 Å². The third-order valence-corrected chi connectivity index (χ3v) is 4.71. The number of piperidine rings is 1. The first kappa shape index (κ1) is 19.6. The number of rotatable bonds is 9. The third-order valence-electron chi connectivity index (χ3n) is 4.71. The van der Waals surface area contributed by atoms with Crippen LogP contribution in [0.3, 0.4) is 0 Å². The van der Waals surface area contributed by atoms with Gasteiger partial charge in [0, 0.05) is 6.04 Å². The van der Waals surface area contributed by atoms with Gasteiger partial charge in [0.1, 0.15) is 12.4 Å². The first-order chi connectivity index (χ1) is 12.2. The van der Waals surface area contributed by atoms with Gasteiger partial charge in [-0.2, -0.15) is 0 Å². The van der Waals surface area contributed by atoms with Crippen molar-refractivity contribution in [1.82, 2.24) is 4.90 Å². The zero-order valence-electron chi connectivity index (χ0n) is 15.6. The molecule has 5 heteroatoms. The summed E-state index contributed by atoms with van der Waals surface area (Å²) < 4.78 is 11.2. The summed E-state index contributed by atoms with van der Waals surface area (Å²) >= 11 is 0. The van der Waals surface area contributed by atoms with Gasteiger partial charge >= 0.3 is 6.09 Å². The molecule has 1 heterocycles. The lowest BCUT2D eigenvalue weighted by Crippen LogP contribution is -2.40. The van der Waals surface area contributed by atoms with E-state index in [1.165, 1.54) is 32.1 Å². The third kappa shape index (κ3) is 6.94. The second-order valence-electron chi connectivity index (χ2n) is 6.76. The highest BCUT2D eigenvalue weighted by molar-refractivity contribution is 5.86. The molecule has 1 atom stereocenters. The number of para-hydroxylation sites is 2. The molecule has 2 rings (SSSR count). The maximum absolute atomic E-state index is 12.1. The highest BCUT2D eigenvalue weighted by Gasteiger charge is 2.20. The molecule has 1 aliphatic rings. The predicted octanol–water partition coefficient (Wildman–Crippen LogP) is 4.68. The Hall–Kier alpha value is -1.75. The summed E-state index contributed by atoms with van der Waals surface area (Å²) in [4.78, 5) is 14.4. The van der Waals surface area contributed by atoms with Crippen molar-refractivity contribution in [3.63, 3.8) is 0 Å². The lowest BCUT2D eigenvalue weighted by molar-refractivity contribution is 0.0907. The molecule has 1 amide bonds. The number of carbonyl (C=O) groups is 1. The summed E-state index contributed by atoms with van der Waals surface area (Å²) in [6, 6.07) is 7.84. The molecule has 0 aromatic heterocycles. The molecule has 140 valence electrons. The Kier molecular flexibility index (Phi) is 8.60. The summed E-state index contributed by atoms with van der Waals surface area (Å²) in [6.45, 7) is 4.37. The number of hydrogen-bond donors (Lipinski definition) is 1. The molecular formula is C20H32N2O3. The summed E-state index contributed by atoms with van der Waals surface area (Å²) in [5, 5.41) is 2.81. The minimum atomic E-state index is -0.416. The molecule has 0 bridgehead atoms. The number of unbranched alkanes of at least 4 members (excludes halogenated alkanes) is 3. The first-order valence-electron chi connectivity index (χ1n) is 9.56. The fourth-order valence-electron chi connectivity index (χ4n) is 3.08. The molecule has 0 spiro atoms. The molecule has 1 aliphatic heterocycles. The monoisotopic (exact) mass is 348 g/mol. The Morgan fingerprint density at radius 3 is 2.88 bits per heavy atom. The van der Waals surface area contributed by atoms with Crippen LogP contribution in [0.2, 0.25) is 0 Å². The Bertz CT molecular complexity index is 521. The van der Waals surface area contributed by atoms with Gasteiger partial charge in [-0.3, -0.25) is 5.32 Å². The molecule has 5 nitrogen and oxygen atoms in total. The fourth-order valence-corrected chi connectivity index (χ4v) is 3.08. The van der Waals surface area contributed by atoms with Gasteiger partial charge in [-0.1, -0.05) is 44.7 Å². The quantitative estimate of drug-likeness (QED) is 0.658. The molecule has 0 aliphatic carbocycles. The summed E-state index contributed by atoms with van der Waals surface area (Å²) in [6.07, 6.45) is 7.73. The average Bonchev–Trinajstić information content (AvgIpc) is 2.62. The number of nitrogens with zero attached hydrogens (tertiary/aromatic N) is 1. The zero-order valence-corrected chi connectivity index (χ0v) is 15.6. The van der Waals surface area contributed by atoms with E-state index in [0.717, 1.165) is 19.4 Å². The Morgan fingerprint density at radius 1 is 1.24 bits per heavy atom. The van der Waals surface area contributed by atoms with Crippen molar-refractivity contribution in [2.24, 2.45) is 0 Å². The number of likely N-dealkylation sites (N-methyl/N-ethyl adjacent to an activating group) is 1. The van der Waals surface area contributed by atoms with Gasteiger partial charge in [-0.05, 0) is 45.0 Å². The summed E-state index contributed by atoms with van der Waals surface area (Å²) in [5.74, 6) is 0.700. The number of benzene rings is 1. The van der Waals surface area contributed by atoms with Crippen LogP contribution < -0.4 is 10.1 Å². The van der Waals surface area contributed by atoms with Crippen LogP contribution in [-0.4, -0.2) is 43.8 Å². The van der Waals surface area contributed by atoms with Crippen molar-refractivity contribution in [3.8, 4) is 5.75 Å². The Balaban J connectivity index is 1.77. The van der Waals surface area contributed by atoms with E-state index in [1.54, 1.807) is 0 Å². The van der Waals surface area contributed by atoms with E-state index in [9.17, 15) is 4.79 Å². The van der Waals surface area contributed by atoms with Crippen molar-refractivity contribution in [3.05, 3.63) is 24.3 Å². The number of nitrogens with one attached hydrogen (secondary N) is 1. The molecule has 1 saturated heterocycles. The summed E-state index contributed by atoms with van der Waals surface area (Å²) in [7, 11) is 2.09. The molecule has 1 aromatic carbocycles. The molecule has 0 radical (unpaired) electrons. The van der Waals surface area contributed by atoms with Crippen LogP contribution in [0, 0.1) is 0 Å². The van der Waals surface area contributed by atoms with Crippen molar-refractivity contribution >= 4 is 11.8 Å². The smallest absolute Gasteiger partial charge is 0.411 e. The zero-order chi connectivity index (χ0) is 17.9. The molecule has 0 saturated carbocycles. The number of amides is 1. The van der Waals surface area contributed by atoms with Crippen molar-refractivity contribution in [2.75, 3.05) is 32.1 Å². The van der Waals surface area contributed by atoms with Gasteiger partial charge in [0.2, 0.25) is 0 Å². The number of ether oxygens (including phenoxy) is 2. The van der Waals surface area contributed by atoms with E-state index in [2.05, 4.69) is 24.2 Å². The normalized spacial score (nSPS) is 17.9. The standard InChI is InChI=1S/C20H32N2O3/c1-3-4-5-10-15-24-19-13-7-6-12-18(19)21-20(23)25-16-17-11-8-9-14-22(17)2/h6-7,12-13,17H,3-5,8-11,14-16H2,1-2H3,(H,21,23). The van der Waals surface area contributed by atoms with Gasteiger partial charge in [0.15, 0.2) is 0 Å². The second kappa shape index (κ2) is 11.0. The van der Waals surface area contributed by atoms with Gasteiger partial charge in [-0.25, -0.2) is 4.79 Å². The molecule has 1 fully saturated rings. The highest BCUT2D eigenvalue weighted by Crippen LogP contribution is 2.24. The molecular weight excluding hydrogens is 316 g/mol. The maximum atomic E-state index is 12.1. The summed E-state index contributed by atoms with van der Waals surface area (Å²) in [5.41, 5.74) is 0.667. The number of hydrogen-bond acceptors (Lipinski definition) is 4. The van der Waals surface area contributed by atoms with E-state index in [0.29, 0.717) is 30.7 Å². The lowest BCUT2D eigenvalue weighted by atomic mass is 10.0. The van der Waals surface area contributed by atoms with Gasteiger partial charge in [0.25, 0.3) is 0 Å². The SMILES string of the molecule is CCCCCCOc1ccccc1NC(=O)OCC1CCCCN1C. The predicted molar refractivity (Wildman–Crippen MR) is 101 cm³/mol. The Morgan fingerprint density at radius 2 is 2.08 bits per heavy atom. The number of anilines is 1. The van der Waals surface area contributed by atoms with Gasteiger partial charge in [-0.15, -0.1) is 0 Å². The van der Waals surface area contributed by atoms with Crippen molar-refractivity contribution in [1.29, 1.82) is 0 Å². The molecule has 1 aromatic rings. The van der Waals surface area contributed by atoms with Crippen LogP contribution in [0.15, 0.2) is 24.3 Å². The fraction of sp³-hybridized carbons (Fsp3) is 0.650. The van der Waals surface area contributed by atoms with E-state index < -0.39 is 6.09 Å². The van der Waals surface area contributed by atoms with Gasteiger partial charge < -0.3 is 14.4 Å². The topological polar surface area (TPSA) is 50.8 Å². The Labute approximate surface area is 151 Å². The molecule has 1 N–H and O–H groups in total. The van der Waals surface area contributed by atoms with Crippen LogP contribution in [0.4, 0.5) is 10.5 Å². The van der Waals surface area contributed by atoms with E-state index in [4.69, 9.17) is 9.47 Å². The highest BCUT2D eigenvalue weighted by atomic mass is 16.5. The number of carbonyl (C=O) groups excluding carboxylic acids is 1. The molecule has 1 unspecified atom stereocenters. The number of likely N-dealkylation sites (tertiary alicyclic amines) is 1. The van der Waals surface area contributed by atoms with Crippen LogP contribution in [0.25, 0.3) is 0 Å². The van der Waals surface area contributed by atoms with E-state index >= 15 is 0 Å². The average molecular weight is 348 g/mol. The maximum Gasteiger partial charge on any atom is 0.411 e. The van der Waals surface area contributed by atoms with E-state index in [1.807, 2.05) is 24.3 Å². The van der Waals surface area contributed by atoms with Crippen LogP contribution >= 0.6 is 0 Å². The van der Waals surface area contributed by atoms with Crippen molar-refractivity contribution in [2.45, 2.75) is 57.9 Å². The van der Waals surface area contributed by atoms with Gasteiger partial charge in [0.05, 0.1) is 12.3 Å². The molecule has 25 heavy (non-hydrogen) atoms. The minimum absolute atomic E-state index is 0.324. The minimum Gasteiger partial charge on any atom is -0.491 e. The van der Waals surface area contributed by atoms with Crippen molar-refractivity contribution < 1.29 is 14.3 Å². The van der Waals surface area contributed by atoms with Crippen LogP contribution in [0.5, 0.6) is 5.75 Å². The lowest BCUT2D eigenvalue weighted by Gasteiger charge is -2.31.